The van der Waals surface area contributed by atoms with Crippen molar-refractivity contribution in [2.45, 2.75) is 0 Å². The molecule has 0 saturated carbocycles. The van der Waals surface area contributed by atoms with Gasteiger partial charge in [-0.25, -0.2) is 4.98 Å². The average molecular weight is 304 g/mol. The second-order valence-corrected chi connectivity index (χ2v) is 4.41. The minimum absolute atomic E-state index is 0.0452. The van der Waals surface area contributed by atoms with Gasteiger partial charge in [-0.2, -0.15) is 5.26 Å². The van der Waals surface area contributed by atoms with Crippen LogP contribution in [0.1, 0.15) is 5.56 Å². The van der Waals surface area contributed by atoms with Crippen molar-refractivity contribution in [1.29, 1.82) is 5.26 Å². The molecule has 1 aromatic carbocycles. The largest absolute Gasteiger partial charge is 0.373 e. The Labute approximate surface area is 125 Å². The van der Waals surface area contributed by atoms with Crippen molar-refractivity contribution in [3.63, 3.8) is 0 Å². The molecule has 0 atom stereocenters. The number of rotatable bonds is 4. The highest BCUT2D eigenvalue weighted by molar-refractivity contribution is 6.33. The van der Waals surface area contributed by atoms with Crippen LogP contribution in [0.15, 0.2) is 30.3 Å². The summed E-state index contributed by atoms with van der Waals surface area (Å²) in [5, 5.41) is 25.9. The van der Waals surface area contributed by atoms with Crippen LogP contribution in [0, 0.1) is 21.4 Å². The lowest BCUT2D eigenvalue weighted by Gasteiger charge is -2.09. The van der Waals surface area contributed by atoms with Gasteiger partial charge < -0.3 is 10.6 Å². The maximum Gasteiger partial charge on any atom is 0.311 e. The molecule has 7 nitrogen and oxygen atoms in total. The predicted molar refractivity (Wildman–Crippen MR) is 79.9 cm³/mol. The van der Waals surface area contributed by atoms with Crippen LogP contribution in [0.4, 0.5) is 23.0 Å². The standard InChI is InChI=1S/C13H10ClN5O2/c1-16-12-5-4-11(19(20)21)13(18-12)17-10-6-8(7-15)2-3-9(10)14/h2-6H,1H3,(H2,16,17,18). The number of pyridine rings is 1. The summed E-state index contributed by atoms with van der Waals surface area (Å²) < 4.78 is 0. The molecule has 0 fully saturated rings. The van der Waals surface area contributed by atoms with E-state index < -0.39 is 4.92 Å². The molecule has 0 saturated heterocycles. The van der Waals surface area contributed by atoms with E-state index in [9.17, 15) is 10.1 Å². The molecule has 0 unspecified atom stereocenters. The number of benzene rings is 1. The summed E-state index contributed by atoms with van der Waals surface area (Å²) in [6.45, 7) is 0. The summed E-state index contributed by atoms with van der Waals surface area (Å²) >= 11 is 6.02. The van der Waals surface area contributed by atoms with E-state index in [2.05, 4.69) is 15.6 Å². The molecular weight excluding hydrogens is 294 g/mol. The number of hydrogen-bond donors (Lipinski definition) is 2. The summed E-state index contributed by atoms with van der Waals surface area (Å²) in [5.74, 6) is 0.513. The number of nitriles is 1. The summed E-state index contributed by atoms with van der Waals surface area (Å²) in [6.07, 6.45) is 0. The van der Waals surface area contributed by atoms with E-state index in [0.717, 1.165) is 0 Å². The van der Waals surface area contributed by atoms with Gasteiger partial charge in [0.2, 0.25) is 5.82 Å². The molecule has 1 aromatic heterocycles. The zero-order valence-corrected chi connectivity index (χ0v) is 11.7. The van der Waals surface area contributed by atoms with Crippen LogP contribution in [-0.2, 0) is 0 Å². The number of hydrogen-bond acceptors (Lipinski definition) is 6. The van der Waals surface area contributed by atoms with E-state index in [1.54, 1.807) is 13.1 Å². The van der Waals surface area contributed by atoms with Gasteiger partial charge in [-0.3, -0.25) is 10.1 Å². The number of aromatic nitrogens is 1. The lowest BCUT2D eigenvalue weighted by atomic mass is 10.2. The molecule has 21 heavy (non-hydrogen) atoms. The molecule has 106 valence electrons. The second kappa shape index (κ2) is 6.07. The van der Waals surface area contributed by atoms with Crippen LogP contribution in [0.25, 0.3) is 0 Å². The van der Waals surface area contributed by atoms with Crippen molar-refractivity contribution in [1.82, 2.24) is 4.98 Å². The predicted octanol–water partition coefficient (Wildman–Crippen LogP) is 3.30. The lowest BCUT2D eigenvalue weighted by Crippen LogP contribution is -2.02. The molecule has 0 amide bonds. The average Bonchev–Trinajstić information content (AvgIpc) is 2.49. The molecule has 2 N–H and O–H groups in total. The van der Waals surface area contributed by atoms with Gasteiger partial charge in [0.25, 0.3) is 0 Å². The maximum atomic E-state index is 11.0. The SMILES string of the molecule is CNc1ccc([N+](=O)[O-])c(Nc2cc(C#N)ccc2Cl)n1. The van der Waals surface area contributed by atoms with Crippen LogP contribution >= 0.6 is 11.6 Å². The zero-order valence-electron chi connectivity index (χ0n) is 10.9. The first kappa shape index (κ1) is 14.6. The Balaban J connectivity index is 2.47. The third-order valence-electron chi connectivity index (χ3n) is 2.68. The van der Waals surface area contributed by atoms with Crippen molar-refractivity contribution in [3.8, 4) is 6.07 Å². The monoisotopic (exact) mass is 303 g/mol. The zero-order chi connectivity index (χ0) is 15.4. The Morgan fingerprint density at radius 3 is 2.76 bits per heavy atom. The topological polar surface area (TPSA) is 104 Å². The summed E-state index contributed by atoms with van der Waals surface area (Å²) in [4.78, 5) is 14.6. The summed E-state index contributed by atoms with van der Waals surface area (Å²) in [5.41, 5.74) is 0.571. The van der Waals surface area contributed by atoms with E-state index in [1.165, 1.54) is 24.3 Å². The van der Waals surface area contributed by atoms with Crippen LogP contribution in [0.5, 0.6) is 0 Å². The van der Waals surface area contributed by atoms with E-state index in [4.69, 9.17) is 16.9 Å². The highest BCUT2D eigenvalue weighted by Crippen LogP contribution is 2.31. The van der Waals surface area contributed by atoms with E-state index in [1.807, 2.05) is 6.07 Å². The van der Waals surface area contributed by atoms with E-state index in [0.29, 0.717) is 22.1 Å². The molecule has 0 spiro atoms. The summed E-state index contributed by atoms with van der Waals surface area (Å²) in [7, 11) is 1.65. The third kappa shape index (κ3) is 3.19. The van der Waals surface area contributed by atoms with Gasteiger partial charge in [0.1, 0.15) is 5.82 Å². The Hall–Kier alpha value is -2.85. The molecule has 0 bridgehead atoms. The molecule has 0 aliphatic heterocycles. The molecule has 8 heteroatoms. The van der Waals surface area contributed by atoms with Crippen LogP contribution in [0.2, 0.25) is 5.02 Å². The molecule has 0 aliphatic carbocycles. The van der Waals surface area contributed by atoms with Crippen molar-refractivity contribution in [3.05, 3.63) is 51.0 Å². The first-order chi connectivity index (χ1) is 10.0. The molecular formula is C13H10ClN5O2. The van der Waals surface area contributed by atoms with Gasteiger partial charge in [0.05, 0.1) is 27.3 Å². The summed E-state index contributed by atoms with van der Waals surface area (Å²) in [6, 6.07) is 9.40. The quantitative estimate of drug-likeness (QED) is 0.663. The Morgan fingerprint density at radius 2 is 2.14 bits per heavy atom. The maximum absolute atomic E-state index is 11.0. The molecule has 0 radical (unpaired) electrons. The first-order valence-electron chi connectivity index (χ1n) is 5.85. The molecule has 2 aromatic rings. The van der Waals surface area contributed by atoms with Gasteiger partial charge >= 0.3 is 5.69 Å². The van der Waals surface area contributed by atoms with Crippen molar-refractivity contribution in [2.75, 3.05) is 17.7 Å². The Kier molecular flexibility index (Phi) is 4.21. The fourth-order valence-corrected chi connectivity index (χ4v) is 1.81. The number of halogens is 1. The van der Waals surface area contributed by atoms with Gasteiger partial charge in [0.15, 0.2) is 0 Å². The third-order valence-corrected chi connectivity index (χ3v) is 3.00. The lowest BCUT2D eigenvalue weighted by molar-refractivity contribution is -0.384. The van der Waals surface area contributed by atoms with E-state index >= 15 is 0 Å². The number of nitro groups is 1. The Bertz CT molecular complexity index is 742. The van der Waals surface area contributed by atoms with Gasteiger partial charge in [-0.15, -0.1) is 0 Å². The number of nitrogens with zero attached hydrogens (tertiary/aromatic N) is 3. The highest BCUT2D eigenvalue weighted by atomic mass is 35.5. The minimum Gasteiger partial charge on any atom is -0.373 e. The van der Waals surface area contributed by atoms with Crippen LogP contribution < -0.4 is 10.6 Å². The molecule has 2 rings (SSSR count). The van der Waals surface area contributed by atoms with Crippen LogP contribution in [0.3, 0.4) is 0 Å². The fourth-order valence-electron chi connectivity index (χ4n) is 1.65. The van der Waals surface area contributed by atoms with Gasteiger partial charge in [-0.1, -0.05) is 11.6 Å². The fraction of sp³-hybridized carbons (Fsp3) is 0.0769. The van der Waals surface area contributed by atoms with Crippen molar-refractivity contribution >= 4 is 34.6 Å². The van der Waals surface area contributed by atoms with Crippen LogP contribution in [-0.4, -0.2) is 17.0 Å². The minimum atomic E-state index is -0.545. The van der Waals surface area contributed by atoms with Crippen molar-refractivity contribution in [2.24, 2.45) is 0 Å². The first-order valence-corrected chi connectivity index (χ1v) is 6.23. The normalized spacial score (nSPS) is 9.76. The highest BCUT2D eigenvalue weighted by Gasteiger charge is 2.17. The Morgan fingerprint density at radius 1 is 1.38 bits per heavy atom. The van der Waals surface area contributed by atoms with Crippen molar-refractivity contribution < 1.29 is 4.92 Å². The smallest absolute Gasteiger partial charge is 0.311 e. The molecule has 0 aliphatic rings. The number of anilines is 3. The second-order valence-electron chi connectivity index (χ2n) is 4.00. The number of nitrogens with one attached hydrogen (secondary N) is 2. The van der Waals surface area contributed by atoms with Gasteiger partial charge in [0, 0.05) is 13.1 Å². The van der Waals surface area contributed by atoms with Gasteiger partial charge in [-0.05, 0) is 24.3 Å². The molecule has 1 heterocycles. The van der Waals surface area contributed by atoms with E-state index in [-0.39, 0.29) is 11.5 Å².